The summed E-state index contributed by atoms with van der Waals surface area (Å²) >= 11 is 3.15. The van der Waals surface area contributed by atoms with Gasteiger partial charge in [-0.05, 0) is 35.1 Å². The van der Waals surface area contributed by atoms with E-state index in [-0.39, 0.29) is 12.5 Å². The minimum Gasteiger partial charge on any atom is -0.451 e. The molecule has 3 aromatic rings. The van der Waals surface area contributed by atoms with Gasteiger partial charge in [-0.2, -0.15) is 0 Å². The summed E-state index contributed by atoms with van der Waals surface area (Å²) in [6.07, 6.45) is 0.862. The van der Waals surface area contributed by atoms with Crippen LogP contribution in [0.3, 0.4) is 0 Å². The van der Waals surface area contributed by atoms with Gasteiger partial charge in [0.2, 0.25) is 0 Å². The predicted octanol–water partition coefficient (Wildman–Crippen LogP) is 4.05. The molecule has 1 fully saturated rings. The highest BCUT2D eigenvalue weighted by atomic mass is 32.1. The maximum absolute atomic E-state index is 12.8. The standard InChI is InChI=1S/C24H24N2O4S2/c27-22(26-8-6-20-18(15-26)7-13-31-20)16-30-24(28)21-14-19(17-4-2-1-3-5-17)23(32-21)25-9-11-29-12-10-25/h1-5,7,13-14H,6,8-12,15-16H2. The van der Waals surface area contributed by atoms with Gasteiger partial charge in [-0.15, -0.1) is 22.7 Å². The second-order valence-corrected chi connectivity index (χ2v) is 9.84. The van der Waals surface area contributed by atoms with Gasteiger partial charge in [-0.1, -0.05) is 30.3 Å². The van der Waals surface area contributed by atoms with Crippen LogP contribution in [0.25, 0.3) is 11.1 Å². The molecule has 0 spiro atoms. The third-order valence-electron chi connectivity index (χ3n) is 5.78. The summed E-state index contributed by atoms with van der Waals surface area (Å²) in [5, 5.41) is 3.10. The zero-order chi connectivity index (χ0) is 21.9. The lowest BCUT2D eigenvalue weighted by Crippen LogP contribution is -2.38. The summed E-state index contributed by atoms with van der Waals surface area (Å²) in [7, 11) is 0. The van der Waals surface area contributed by atoms with Gasteiger partial charge in [0.25, 0.3) is 5.91 Å². The summed E-state index contributed by atoms with van der Waals surface area (Å²) in [6, 6.07) is 14.0. The van der Waals surface area contributed by atoms with Gasteiger partial charge in [-0.25, -0.2) is 4.79 Å². The maximum Gasteiger partial charge on any atom is 0.348 e. The van der Waals surface area contributed by atoms with E-state index in [2.05, 4.69) is 16.3 Å². The summed E-state index contributed by atoms with van der Waals surface area (Å²) in [4.78, 5) is 31.4. The molecule has 4 heterocycles. The molecule has 0 N–H and O–H groups in total. The first kappa shape index (κ1) is 21.2. The number of morpholine rings is 1. The first-order valence-electron chi connectivity index (χ1n) is 10.7. The van der Waals surface area contributed by atoms with E-state index in [1.54, 1.807) is 16.2 Å². The van der Waals surface area contributed by atoms with E-state index in [1.165, 1.54) is 21.8 Å². The molecule has 0 aliphatic carbocycles. The Morgan fingerprint density at radius 1 is 1.06 bits per heavy atom. The lowest BCUT2D eigenvalue weighted by atomic mass is 10.1. The van der Waals surface area contributed by atoms with Crippen LogP contribution in [0, 0.1) is 0 Å². The molecule has 0 atom stereocenters. The number of ether oxygens (including phenoxy) is 2. The third-order valence-corrected chi connectivity index (χ3v) is 7.98. The molecule has 5 rings (SSSR count). The Bertz CT molecular complexity index is 1100. The molecule has 32 heavy (non-hydrogen) atoms. The van der Waals surface area contributed by atoms with Crippen LogP contribution in [0.2, 0.25) is 0 Å². The van der Waals surface area contributed by atoms with Gasteiger partial charge in [0.05, 0.1) is 18.2 Å². The normalized spacial score (nSPS) is 16.0. The number of esters is 1. The minimum atomic E-state index is -0.451. The molecule has 6 nitrogen and oxygen atoms in total. The number of nitrogens with zero attached hydrogens (tertiary/aromatic N) is 2. The fourth-order valence-corrected chi connectivity index (χ4v) is 6.07. The van der Waals surface area contributed by atoms with Crippen molar-refractivity contribution in [3.05, 3.63) is 63.2 Å². The van der Waals surface area contributed by atoms with Crippen LogP contribution >= 0.6 is 22.7 Å². The van der Waals surface area contributed by atoms with Crippen molar-refractivity contribution in [1.29, 1.82) is 0 Å². The van der Waals surface area contributed by atoms with Crippen molar-refractivity contribution >= 4 is 39.6 Å². The molecule has 2 aliphatic heterocycles. The number of rotatable bonds is 5. The van der Waals surface area contributed by atoms with E-state index in [1.807, 2.05) is 36.4 Å². The lowest BCUT2D eigenvalue weighted by molar-refractivity contribution is -0.135. The summed E-state index contributed by atoms with van der Waals surface area (Å²) in [5.41, 5.74) is 3.26. The van der Waals surface area contributed by atoms with Crippen LogP contribution in [0.4, 0.5) is 5.00 Å². The summed E-state index contributed by atoms with van der Waals surface area (Å²) < 4.78 is 10.9. The van der Waals surface area contributed by atoms with Crippen LogP contribution in [0.1, 0.15) is 20.1 Å². The van der Waals surface area contributed by atoms with Gasteiger partial charge < -0.3 is 19.3 Å². The number of carbonyl (C=O) groups is 2. The van der Waals surface area contributed by atoms with E-state index >= 15 is 0 Å². The van der Waals surface area contributed by atoms with Gasteiger partial charge in [0.15, 0.2) is 6.61 Å². The zero-order valence-electron chi connectivity index (χ0n) is 17.6. The smallest absolute Gasteiger partial charge is 0.348 e. The van der Waals surface area contributed by atoms with E-state index in [0.717, 1.165) is 35.6 Å². The van der Waals surface area contributed by atoms with Crippen molar-refractivity contribution in [2.24, 2.45) is 0 Å². The van der Waals surface area contributed by atoms with E-state index in [4.69, 9.17) is 9.47 Å². The van der Waals surface area contributed by atoms with Crippen LogP contribution in [0.5, 0.6) is 0 Å². The molecule has 0 radical (unpaired) electrons. The second-order valence-electron chi connectivity index (χ2n) is 7.81. The molecule has 2 aliphatic rings. The molecule has 1 saturated heterocycles. The highest BCUT2D eigenvalue weighted by Gasteiger charge is 2.25. The average Bonchev–Trinajstić information content (AvgIpc) is 3.50. The predicted molar refractivity (Wildman–Crippen MR) is 127 cm³/mol. The van der Waals surface area contributed by atoms with Crippen LogP contribution < -0.4 is 4.90 Å². The van der Waals surface area contributed by atoms with Crippen LogP contribution in [0.15, 0.2) is 47.8 Å². The minimum absolute atomic E-state index is 0.150. The largest absolute Gasteiger partial charge is 0.451 e. The fraction of sp³-hybridized carbons (Fsp3) is 0.333. The topological polar surface area (TPSA) is 59.1 Å². The number of benzene rings is 1. The van der Waals surface area contributed by atoms with Crippen molar-refractivity contribution in [2.75, 3.05) is 44.4 Å². The van der Waals surface area contributed by atoms with Crippen molar-refractivity contribution in [2.45, 2.75) is 13.0 Å². The second kappa shape index (κ2) is 9.44. The summed E-state index contributed by atoms with van der Waals surface area (Å²) in [5.74, 6) is -0.600. The Hall–Kier alpha value is -2.68. The Kier molecular flexibility index (Phi) is 6.25. The number of hydrogen-bond donors (Lipinski definition) is 0. The van der Waals surface area contributed by atoms with Gasteiger partial charge >= 0.3 is 5.97 Å². The first-order valence-corrected chi connectivity index (χ1v) is 12.4. The number of thiophene rings is 2. The Balaban J connectivity index is 1.29. The highest BCUT2D eigenvalue weighted by molar-refractivity contribution is 7.18. The number of hydrogen-bond acceptors (Lipinski definition) is 7. The highest BCUT2D eigenvalue weighted by Crippen LogP contribution is 2.39. The number of amides is 1. The van der Waals surface area contributed by atoms with Crippen LogP contribution in [-0.4, -0.2) is 56.2 Å². The Labute approximate surface area is 195 Å². The van der Waals surface area contributed by atoms with E-state index in [0.29, 0.717) is 31.2 Å². The summed E-state index contributed by atoms with van der Waals surface area (Å²) in [6.45, 7) is 3.93. The molecule has 2 aromatic heterocycles. The number of anilines is 1. The van der Waals surface area contributed by atoms with Gasteiger partial charge in [0, 0.05) is 36.6 Å². The molecule has 8 heteroatoms. The Morgan fingerprint density at radius 3 is 2.69 bits per heavy atom. The zero-order valence-corrected chi connectivity index (χ0v) is 19.3. The SMILES string of the molecule is O=C(OCC(=O)N1CCc2sccc2C1)c1cc(-c2ccccc2)c(N2CCOCC2)s1. The Morgan fingerprint density at radius 2 is 1.88 bits per heavy atom. The van der Waals surface area contributed by atoms with Crippen LogP contribution in [-0.2, 0) is 27.2 Å². The van der Waals surface area contributed by atoms with Gasteiger partial charge in [0.1, 0.15) is 4.88 Å². The molecule has 1 amide bonds. The van der Waals surface area contributed by atoms with Crippen molar-refractivity contribution < 1.29 is 19.1 Å². The number of carbonyl (C=O) groups excluding carboxylic acids is 2. The molecule has 0 saturated carbocycles. The molecular formula is C24H24N2O4S2. The molecule has 166 valence electrons. The third kappa shape index (κ3) is 4.44. The van der Waals surface area contributed by atoms with E-state index < -0.39 is 5.97 Å². The molecule has 0 unspecified atom stereocenters. The lowest BCUT2D eigenvalue weighted by Gasteiger charge is -2.28. The quantitative estimate of drug-likeness (QED) is 0.529. The van der Waals surface area contributed by atoms with Crippen molar-refractivity contribution in [3.8, 4) is 11.1 Å². The average molecular weight is 469 g/mol. The molecule has 0 bridgehead atoms. The number of fused-ring (bicyclic) bond motifs is 1. The maximum atomic E-state index is 12.8. The van der Waals surface area contributed by atoms with Crippen molar-refractivity contribution in [1.82, 2.24) is 4.90 Å². The monoisotopic (exact) mass is 468 g/mol. The molecular weight excluding hydrogens is 444 g/mol. The first-order chi connectivity index (χ1) is 15.7. The van der Waals surface area contributed by atoms with E-state index in [9.17, 15) is 9.59 Å². The van der Waals surface area contributed by atoms with Crippen molar-refractivity contribution in [3.63, 3.8) is 0 Å². The fourth-order valence-electron chi connectivity index (χ4n) is 4.06. The van der Waals surface area contributed by atoms with Gasteiger partial charge in [-0.3, -0.25) is 4.79 Å². The molecule has 1 aromatic carbocycles.